The van der Waals surface area contributed by atoms with Crippen LogP contribution in [0.4, 0.5) is 5.69 Å². The van der Waals surface area contributed by atoms with Gasteiger partial charge >= 0.3 is 0 Å². The maximum atomic E-state index is 13.2. The summed E-state index contributed by atoms with van der Waals surface area (Å²) in [4.78, 5) is 27.6. The van der Waals surface area contributed by atoms with Crippen LogP contribution in [0.3, 0.4) is 0 Å². The molecule has 0 spiro atoms. The molecule has 0 radical (unpaired) electrons. The number of carbonyl (C=O) groups excluding carboxylic acids is 2. The normalized spacial score (nSPS) is 10.4. The zero-order valence-electron chi connectivity index (χ0n) is 14.6. The topological polar surface area (TPSA) is 57.6 Å². The van der Waals surface area contributed by atoms with E-state index in [1.54, 1.807) is 36.4 Å². The van der Waals surface area contributed by atoms with Gasteiger partial charge in [-0.2, -0.15) is 0 Å². The van der Waals surface area contributed by atoms with E-state index in [4.69, 9.17) is 0 Å². The summed E-state index contributed by atoms with van der Waals surface area (Å²) in [5, 5.41) is 9.83. The van der Waals surface area contributed by atoms with Gasteiger partial charge in [0.2, 0.25) is 0 Å². The Balaban J connectivity index is 2.14. The quantitative estimate of drug-likeness (QED) is 0.711. The number of amides is 2. The summed E-state index contributed by atoms with van der Waals surface area (Å²) in [6.45, 7) is 3.65. The van der Waals surface area contributed by atoms with Crippen molar-refractivity contribution < 1.29 is 14.7 Å². The van der Waals surface area contributed by atoms with E-state index in [9.17, 15) is 14.7 Å². The predicted molar refractivity (Wildman–Crippen MR) is 102 cm³/mol. The zero-order valence-corrected chi connectivity index (χ0v) is 14.6. The molecule has 0 saturated carbocycles. The largest absolute Gasteiger partial charge is 0.508 e. The fraction of sp³-hybridized carbons (Fsp3) is 0.0909. The molecule has 0 saturated heterocycles. The molecule has 130 valence electrons. The van der Waals surface area contributed by atoms with Crippen molar-refractivity contribution >= 4 is 17.5 Å². The lowest BCUT2D eigenvalue weighted by Crippen LogP contribution is -2.37. The van der Waals surface area contributed by atoms with Gasteiger partial charge in [0.15, 0.2) is 0 Å². The van der Waals surface area contributed by atoms with Crippen molar-refractivity contribution in [1.29, 1.82) is 0 Å². The molecule has 4 heteroatoms. The number of aryl methyl sites for hydroxylation is 2. The summed E-state index contributed by atoms with van der Waals surface area (Å²) in [5.41, 5.74) is 2.77. The monoisotopic (exact) mass is 345 g/mol. The predicted octanol–water partition coefficient (Wildman–Crippen LogP) is 4.50. The Bertz CT molecular complexity index is 921. The Labute approximate surface area is 152 Å². The highest BCUT2D eigenvalue weighted by Crippen LogP contribution is 2.25. The van der Waals surface area contributed by atoms with Crippen molar-refractivity contribution in [2.24, 2.45) is 0 Å². The average molecular weight is 345 g/mol. The first-order chi connectivity index (χ1) is 12.5. The maximum absolute atomic E-state index is 13.2. The van der Waals surface area contributed by atoms with Crippen LogP contribution in [0.15, 0.2) is 72.8 Å². The number of aromatic hydroxyl groups is 1. The zero-order chi connectivity index (χ0) is 18.7. The lowest BCUT2D eigenvalue weighted by atomic mass is 10.0. The molecule has 0 heterocycles. The summed E-state index contributed by atoms with van der Waals surface area (Å²) in [6.07, 6.45) is 0. The SMILES string of the molecule is Cc1ccccc1C(=O)N(C(=O)c1ccccc1C)c1cccc(O)c1. The van der Waals surface area contributed by atoms with Gasteiger partial charge in [0.1, 0.15) is 5.75 Å². The van der Waals surface area contributed by atoms with Crippen LogP contribution in [0.5, 0.6) is 5.75 Å². The summed E-state index contributed by atoms with van der Waals surface area (Å²) in [5.74, 6) is -0.869. The molecule has 1 N–H and O–H groups in total. The third-order valence-electron chi connectivity index (χ3n) is 4.25. The Kier molecular flexibility index (Phi) is 4.85. The van der Waals surface area contributed by atoms with Crippen LogP contribution >= 0.6 is 0 Å². The van der Waals surface area contributed by atoms with E-state index >= 15 is 0 Å². The van der Waals surface area contributed by atoms with Gasteiger partial charge in [-0.1, -0.05) is 42.5 Å². The third-order valence-corrected chi connectivity index (χ3v) is 4.25. The molecule has 3 rings (SSSR count). The van der Waals surface area contributed by atoms with Crippen LogP contribution in [-0.4, -0.2) is 16.9 Å². The molecular weight excluding hydrogens is 326 g/mol. The van der Waals surface area contributed by atoms with Gasteiger partial charge < -0.3 is 5.11 Å². The number of hydrogen-bond acceptors (Lipinski definition) is 3. The minimum absolute atomic E-state index is 0.0114. The van der Waals surface area contributed by atoms with Crippen molar-refractivity contribution in [3.63, 3.8) is 0 Å². The molecule has 0 fully saturated rings. The molecule has 3 aromatic carbocycles. The summed E-state index contributed by atoms with van der Waals surface area (Å²) in [6, 6.07) is 20.4. The number of phenols is 1. The molecule has 0 aliphatic heterocycles. The van der Waals surface area contributed by atoms with E-state index in [2.05, 4.69) is 0 Å². The number of nitrogens with zero attached hydrogens (tertiary/aromatic N) is 1. The lowest BCUT2D eigenvalue weighted by Gasteiger charge is -2.23. The van der Waals surface area contributed by atoms with Crippen LogP contribution < -0.4 is 4.90 Å². The highest BCUT2D eigenvalue weighted by molar-refractivity contribution is 6.26. The molecular formula is C22H19NO3. The molecule has 26 heavy (non-hydrogen) atoms. The molecule has 4 nitrogen and oxygen atoms in total. The second-order valence-corrected chi connectivity index (χ2v) is 6.10. The van der Waals surface area contributed by atoms with Crippen LogP contribution in [0.25, 0.3) is 0 Å². The fourth-order valence-electron chi connectivity index (χ4n) is 2.83. The van der Waals surface area contributed by atoms with Crippen molar-refractivity contribution in [2.75, 3.05) is 4.90 Å². The Morgan fingerprint density at radius 2 is 1.23 bits per heavy atom. The summed E-state index contributed by atoms with van der Waals surface area (Å²) < 4.78 is 0. The average Bonchev–Trinajstić information content (AvgIpc) is 2.62. The van der Waals surface area contributed by atoms with Gasteiger partial charge in [0.25, 0.3) is 11.8 Å². The number of anilines is 1. The second kappa shape index (κ2) is 7.23. The third kappa shape index (κ3) is 3.35. The van der Waals surface area contributed by atoms with Crippen molar-refractivity contribution in [1.82, 2.24) is 0 Å². The number of benzene rings is 3. The van der Waals surface area contributed by atoms with E-state index in [0.29, 0.717) is 16.8 Å². The van der Waals surface area contributed by atoms with E-state index in [0.717, 1.165) is 16.0 Å². The summed E-state index contributed by atoms with van der Waals surface area (Å²) >= 11 is 0. The molecule has 2 amide bonds. The number of rotatable bonds is 3. The van der Waals surface area contributed by atoms with Crippen LogP contribution in [-0.2, 0) is 0 Å². The number of carbonyl (C=O) groups is 2. The van der Waals surface area contributed by atoms with Crippen LogP contribution in [0.1, 0.15) is 31.8 Å². The standard InChI is InChI=1S/C22H19NO3/c1-15-8-3-5-12-19(15)21(25)23(17-10-7-11-18(24)14-17)22(26)20-13-6-4-9-16(20)2/h3-14,24H,1-2H3. The van der Waals surface area contributed by atoms with Gasteiger partial charge in [-0.3, -0.25) is 9.59 Å². The van der Waals surface area contributed by atoms with E-state index in [-0.39, 0.29) is 5.75 Å². The first kappa shape index (κ1) is 17.4. The Morgan fingerprint density at radius 3 is 1.69 bits per heavy atom. The highest BCUT2D eigenvalue weighted by atomic mass is 16.3. The van der Waals surface area contributed by atoms with Crippen LogP contribution in [0.2, 0.25) is 0 Å². The first-order valence-corrected chi connectivity index (χ1v) is 8.28. The van der Waals surface area contributed by atoms with Crippen molar-refractivity contribution in [3.8, 4) is 5.75 Å². The molecule has 3 aromatic rings. The van der Waals surface area contributed by atoms with Crippen LogP contribution in [0, 0.1) is 13.8 Å². The lowest BCUT2D eigenvalue weighted by molar-refractivity contribution is 0.0897. The number of imide groups is 1. The van der Waals surface area contributed by atoms with Crippen molar-refractivity contribution in [3.05, 3.63) is 95.1 Å². The smallest absolute Gasteiger partial charge is 0.265 e. The van der Waals surface area contributed by atoms with Gasteiger partial charge in [-0.05, 0) is 49.2 Å². The molecule has 0 atom stereocenters. The summed E-state index contributed by atoms with van der Waals surface area (Å²) in [7, 11) is 0. The number of hydrogen-bond donors (Lipinski definition) is 1. The Morgan fingerprint density at radius 1 is 0.731 bits per heavy atom. The van der Waals surface area contributed by atoms with Crippen molar-refractivity contribution in [2.45, 2.75) is 13.8 Å². The van der Waals surface area contributed by atoms with Gasteiger partial charge in [-0.15, -0.1) is 0 Å². The molecule has 0 aliphatic carbocycles. The van der Waals surface area contributed by atoms with Gasteiger partial charge in [0.05, 0.1) is 5.69 Å². The van der Waals surface area contributed by atoms with E-state index in [1.165, 1.54) is 12.1 Å². The van der Waals surface area contributed by atoms with Gasteiger partial charge in [0, 0.05) is 17.2 Å². The molecule has 0 aromatic heterocycles. The minimum Gasteiger partial charge on any atom is -0.508 e. The van der Waals surface area contributed by atoms with Gasteiger partial charge in [-0.25, -0.2) is 4.90 Å². The molecule has 0 unspecified atom stereocenters. The molecule has 0 bridgehead atoms. The highest BCUT2D eigenvalue weighted by Gasteiger charge is 2.27. The minimum atomic E-state index is -0.429. The van der Waals surface area contributed by atoms with E-state index < -0.39 is 11.8 Å². The fourth-order valence-corrected chi connectivity index (χ4v) is 2.83. The Hall–Kier alpha value is -3.40. The second-order valence-electron chi connectivity index (χ2n) is 6.10. The maximum Gasteiger partial charge on any atom is 0.265 e. The first-order valence-electron chi connectivity index (χ1n) is 8.28. The molecule has 0 aliphatic rings. The number of phenolic OH excluding ortho intramolecular Hbond substituents is 1. The van der Waals surface area contributed by atoms with E-state index in [1.807, 2.05) is 38.1 Å².